The third-order valence-corrected chi connectivity index (χ3v) is 5.45. The van der Waals surface area contributed by atoms with Crippen molar-refractivity contribution >= 4 is 23.6 Å². The molecular weight excluding hydrogens is 408 g/mol. The van der Waals surface area contributed by atoms with Crippen molar-refractivity contribution in [2.24, 2.45) is 10.9 Å². The van der Waals surface area contributed by atoms with Gasteiger partial charge in [-0.05, 0) is 37.7 Å². The summed E-state index contributed by atoms with van der Waals surface area (Å²) < 4.78 is 28.7. The first-order valence-corrected chi connectivity index (χ1v) is 10.1. The van der Waals surface area contributed by atoms with Gasteiger partial charge in [0.1, 0.15) is 11.7 Å². The van der Waals surface area contributed by atoms with Crippen LogP contribution in [0.25, 0.3) is 0 Å². The van der Waals surface area contributed by atoms with Gasteiger partial charge in [0.15, 0.2) is 5.69 Å². The molecule has 2 heterocycles. The van der Waals surface area contributed by atoms with Gasteiger partial charge in [-0.25, -0.2) is 13.8 Å². The molecule has 1 amide bonds. The van der Waals surface area contributed by atoms with Crippen LogP contribution in [0.1, 0.15) is 43.8 Å². The Kier molecular flexibility index (Phi) is 7.16. The van der Waals surface area contributed by atoms with Gasteiger partial charge in [0.05, 0.1) is 17.3 Å². The second-order valence-corrected chi connectivity index (χ2v) is 7.77. The molecule has 0 unspecified atom stereocenters. The monoisotopic (exact) mass is 435 g/mol. The third kappa shape index (κ3) is 5.16. The number of amidine groups is 1. The molecule has 0 aromatic carbocycles. The van der Waals surface area contributed by atoms with Gasteiger partial charge < -0.3 is 26.0 Å². The van der Waals surface area contributed by atoms with Crippen LogP contribution >= 0.6 is 0 Å². The number of nitrogens with zero attached hydrogens (tertiary/aromatic N) is 4. The number of aliphatic imine (C=N–C) groups is 1. The maximum Gasteiger partial charge on any atom is 0.284 e. The molecule has 0 radical (unpaired) electrons. The van der Waals surface area contributed by atoms with Crippen molar-refractivity contribution in [1.29, 1.82) is 5.41 Å². The second kappa shape index (κ2) is 9.82. The maximum atomic E-state index is 13.6. The molecule has 9 nitrogen and oxygen atoms in total. The molecule has 0 saturated heterocycles. The quantitative estimate of drug-likeness (QED) is 0.404. The van der Waals surface area contributed by atoms with Gasteiger partial charge in [-0.3, -0.25) is 9.48 Å². The predicted octanol–water partition coefficient (Wildman–Crippen LogP) is 2.42. The number of carbonyl (C=O) groups excluding carboxylic acids is 1. The van der Waals surface area contributed by atoms with Crippen LogP contribution in [-0.2, 0) is 4.79 Å². The number of aliphatic hydroxyl groups excluding tert-OH is 1. The van der Waals surface area contributed by atoms with E-state index in [1.807, 2.05) is 0 Å². The van der Waals surface area contributed by atoms with Gasteiger partial charge in [-0.1, -0.05) is 0 Å². The van der Waals surface area contributed by atoms with Crippen LogP contribution in [0.3, 0.4) is 0 Å². The standard InChI is InChI=1S/C20H27F2N7O2/c1-28(2)16-7-8-24-19(26-16)14(9-23)20(31)25-15-10-29(27-17(15)18(21)22)13-5-3-12(11-30)4-6-13/h7-10,12-13,18,23-24,30H,3-6,11H2,1-2H3,(H,25,31)/b19-14-,23-9?. The van der Waals surface area contributed by atoms with Gasteiger partial charge in [-0.15, -0.1) is 0 Å². The molecule has 0 spiro atoms. The van der Waals surface area contributed by atoms with Crippen molar-refractivity contribution in [3.63, 3.8) is 0 Å². The highest BCUT2D eigenvalue weighted by Crippen LogP contribution is 2.34. The lowest BCUT2D eigenvalue weighted by molar-refractivity contribution is -0.112. The van der Waals surface area contributed by atoms with Crippen molar-refractivity contribution in [3.8, 4) is 0 Å². The number of hydrogen-bond acceptors (Lipinski definition) is 7. The molecule has 1 saturated carbocycles. The van der Waals surface area contributed by atoms with Crippen molar-refractivity contribution in [2.45, 2.75) is 38.2 Å². The molecule has 31 heavy (non-hydrogen) atoms. The number of rotatable bonds is 6. The summed E-state index contributed by atoms with van der Waals surface area (Å²) in [5, 5.41) is 26.2. The van der Waals surface area contributed by atoms with Crippen LogP contribution < -0.4 is 10.6 Å². The van der Waals surface area contributed by atoms with Crippen molar-refractivity contribution in [2.75, 3.05) is 26.0 Å². The van der Waals surface area contributed by atoms with E-state index >= 15 is 0 Å². The minimum Gasteiger partial charge on any atom is -0.396 e. The largest absolute Gasteiger partial charge is 0.396 e. The lowest BCUT2D eigenvalue weighted by Gasteiger charge is -2.27. The van der Waals surface area contributed by atoms with Gasteiger partial charge >= 0.3 is 0 Å². The first kappa shape index (κ1) is 22.6. The fourth-order valence-electron chi connectivity index (χ4n) is 3.64. The van der Waals surface area contributed by atoms with E-state index in [1.54, 1.807) is 31.3 Å². The van der Waals surface area contributed by atoms with Crippen LogP contribution in [0.4, 0.5) is 14.5 Å². The normalized spacial score (nSPS) is 22.6. The smallest absolute Gasteiger partial charge is 0.284 e. The summed E-state index contributed by atoms with van der Waals surface area (Å²) in [4.78, 5) is 18.8. The lowest BCUT2D eigenvalue weighted by atomic mass is 9.87. The number of hydrogen-bond donors (Lipinski definition) is 4. The molecule has 1 aromatic rings. The Bertz CT molecular complexity index is 913. The molecule has 1 aromatic heterocycles. The SMILES string of the molecule is CN(C)C1=N/C(=C(/C=N)C(=O)Nc2cn(C3CCC(CO)CC3)nc2C(F)F)NC=C1. The van der Waals surface area contributed by atoms with Gasteiger partial charge in [0.2, 0.25) is 0 Å². The Balaban J connectivity index is 1.83. The summed E-state index contributed by atoms with van der Waals surface area (Å²) in [6.45, 7) is 0.123. The molecule has 0 atom stereocenters. The summed E-state index contributed by atoms with van der Waals surface area (Å²) in [5.41, 5.74) is -0.701. The zero-order valence-electron chi connectivity index (χ0n) is 17.5. The number of aromatic nitrogens is 2. The van der Waals surface area contributed by atoms with Crippen LogP contribution in [0, 0.1) is 11.3 Å². The summed E-state index contributed by atoms with van der Waals surface area (Å²) in [6.07, 6.45) is 5.69. The molecule has 1 aliphatic carbocycles. The average Bonchev–Trinajstić information content (AvgIpc) is 3.18. The zero-order chi connectivity index (χ0) is 22.5. The maximum absolute atomic E-state index is 13.6. The van der Waals surface area contributed by atoms with E-state index in [0.717, 1.165) is 31.9 Å². The van der Waals surface area contributed by atoms with E-state index in [-0.39, 0.29) is 35.6 Å². The van der Waals surface area contributed by atoms with Gasteiger partial charge in [-0.2, -0.15) is 5.10 Å². The molecular formula is C20H27F2N7O2. The number of likely N-dealkylation sites (N-methyl/N-ethyl adjacent to an activating group) is 1. The molecule has 3 rings (SSSR count). The molecule has 0 bridgehead atoms. The van der Waals surface area contributed by atoms with Crippen molar-refractivity contribution < 1.29 is 18.7 Å². The highest BCUT2D eigenvalue weighted by molar-refractivity contribution is 6.18. The van der Waals surface area contributed by atoms with Crippen molar-refractivity contribution in [3.05, 3.63) is 35.6 Å². The van der Waals surface area contributed by atoms with Gasteiger partial charge in [0, 0.05) is 39.3 Å². The Hall–Kier alpha value is -3.08. The highest BCUT2D eigenvalue weighted by atomic mass is 19.3. The van der Waals surface area contributed by atoms with E-state index in [0.29, 0.717) is 5.84 Å². The molecule has 2 aliphatic rings. The topological polar surface area (TPSA) is 119 Å². The van der Waals surface area contributed by atoms with E-state index in [9.17, 15) is 18.7 Å². The summed E-state index contributed by atoms with van der Waals surface area (Å²) in [6, 6.07) is -0.0658. The number of halogens is 2. The van der Waals surface area contributed by atoms with Crippen LogP contribution in [0.2, 0.25) is 0 Å². The number of amides is 1. The Labute approximate surface area is 179 Å². The first-order valence-electron chi connectivity index (χ1n) is 10.1. The minimum absolute atomic E-state index is 0.0658. The number of anilines is 1. The number of alkyl halides is 2. The Morgan fingerprint density at radius 2 is 2.13 bits per heavy atom. The predicted molar refractivity (Wildman–Crippen MR) is 113 cm³/mol. The molecule has 1 fully saturated rings. The van der Waals surface area contributed by atoms with Gasteiger partial charge in [0.25, 0.3) is 12.3 Å². The number of aliphatic hydroxyl groups is 1. The van der Waals surface area contributed by atoms with Crippen LogP contribution in [-0.4, -0.2) is 58.4 Å². The number of carbonyl (C=O) groups is 1. The summed E-state index contributed by atoms with van der Waals surface area (Å²) in [5.74, 6) is 0.208. The highest BCUT2D eigenvalue weighted by Gasteiger charge is 2.27. The van der Waals surface area contributed by atoms with Crippen LogP contribution in [0.5, 0.6) is 0 Å². The molecule has 168 valence electrons. The third-order valence-electron chi connectivity index (χ3n) is 5.45. The zero-order valence-corrected chi connectivity index (χ0v) is 17.5. The second-order valence-electron chi connectivity index (χ2n) is 7.77. The molecule has 4 N–H and O–H groups in total. The van der Waals surface area contributed by atoms with Crippen molar-refractivity contribution in [1.82, 2.24) is 20.0 Å². The van der Waals surface area contributed by atoms with E-state index in [1.165, 1.54) is 10.9 Å². The van der Waals surface area contributed by atoms with E-state index in [2.05, 4.69) is 20.7 Å². The molecule has 11 heteroatoms. The fraction of sp³-hybridized carbons (Fsp3) is 0.500. The summed E-state index contributed by atoms with van der Waals surface area (Å²) in [7, 11) is 3.57. The Morgan fingerprint density at radius 3 is 2.71 bits per heavy atom. The minimum atomic E-state index is -2.87. The lowest BCUT2D eigenvalue weighted by Crippen LogP contribution is -2.27. The van der Waals surface area contributed by atoms with E-state index in [4.69, 9.17) is 5.41 Å². The fourth-order valence-corrected chi connectivity index (χ4v) is 3.64. The molecule has 1 aliphatic heterocycles. The average molecular weight is 435 g/mol. The van der Waals surface area contributed by atoms with Crippen LogP contribution in [0.15, 0.2) is 34.9 Å². The Morgan fingerprint density at radius 1 is 1.42 bits per heavy atom. The summed E-state index contributed by atoms with van der Waals surface area (Å²) >= 11 is 0. The first-order chi connectivity index (χ1) is 14.8. The van der Waals surface area contributed by atoms with E-state index < -0.39 is 18.0 Å². The number of nitrogens with one attached hydrogen (secondary N) is 3.